The fraction of sp³-hybridized carbons (Fsp3) is 0.400. The lowest BCUT2D eigenvalue weighted by Crippen LogP contribution is -2.28. The van der Waals surface area contributed by atoms with Gasteiger partial charge in [0.25, 0.3) is 0 Å². The van der Waals surface area contributed by atoms with Crippen LogP contribution in [-0.4, -0.2) is 19.6 Å². The summed E-state index contributed by atoms with van der Waals surface area (Å²) in [5.74, 6) is 0. The molecule has 1 aromatic rings. The molecule has 14 heavy (non-hydrogen) atoms. The molecule has 0 fully saturated rings. The SMILES string of the molecule is CNCC1Cc2c(Cl)cc(Cl)cc2N1. The van der Waals surface area contributed by atoms with Crippen molar-refractivity contribution in [3.05, 3.63) is 27.7 Å². The Morgan fingerprint density at radius 3 is 3.00 bits per heavy atom. The van der Waals surface area contributed by atoms with Gasteiger partial charge in [-0.2, -0.15) is 0 Å². The molecule has 0 aromatic heterocycles. The molecule has 0 radical (unpaired) electrons. The lowest BCUT2D eigenvalue weighted by molar-refractivity contribution is 0.674. The van der Waals surface area contributed by atoms with E-state index in [0.29, 0.717) is 11.1 Å². The summed E-state index contributed by atoms with van der Waals surface area (Å²) in [7, 11) is 1.94. The number of anilines is 1. The predicted octanol–water partition coefficient (Wildman–Crippen LogP) is 2.55. The number of likely N-dealkylation sites (N-methyl/N-ethyl adjacent to an activating group) is 1. The van der Waals surface area contributed by atoms with E-state index in [2.05, 4.69) is 10.6 Å². The van der Waals surface area contributed by atoms with Crippen LogP contribution in [0.4, 0.5) is 5.69 Å². The molecule has 2 rings (SSSR count). The zero-order valence-electron chi connectivity index (χ0n) is 7.90. The Morgan fingerprint density at radius 2 is 2.29 bits per heavy atom. The third-order valence-corrected chi connectivity index (χ3v) is 2.98. The fourth-order valence-corrected chi connectivity index (χ4v) is 2.40. The van der Waals surface area contributed by atoms with Crippen molar-refractivity contribution in [2.75, 3.05) is 18.9 Å². The minimum absolute atomic E-state index is 0.422. The molecule has 1 heterocycles. The van der Waals surface area contributed by atoms with Crippen LogP contribution in [-0.2, 0) is 6.42 Å². The molecule has 1 aliphatic heterocycles. The van der Waals surface area contributed by atoms with Crippen molar-refractivity contribution in [3.63, 3.8) is 0 Å². The molecule has 0 spiro atoms. The van der Waals surface area contributed by atoms with Gasteiger partial charge in [-0.15, -0.1) is 0 Å². The van der Waals surface area contributed by atoms with Crippen molar-refractivity contribution in [2.24, 2.45) is 0 Å². The van der Waals surface area contributed by atoms with Gasteiger partial charge in [0, 0.05) is 28.3 Å². The van der Waals surface area contributed by atoms with E-state index >= 15 is 0 Å². The van der Waals surface area contributed by atoms with Gasteiger partial charge in [0.15, 0.2) is 0 Å². The van der Waals surface area contributed by atoms with Crippen LogP contribution < -0.4 is 10.6 Å². The molecule has 1 aromatic carbocycles. The molecule has 1 aliphatic rings. The first-order chi connectivity index (χ1) is 6.70. The van der Waals surface area contributed by atoms with Gasteiger partial charge < -0.3 is 10.6 Å². The minimum Gasteiger partial charge on any atom is -0.380 e. The normalized spacial score (nSPS) is 19.2. The van der Waals surface area contributed by atoms with Gasteiger partial charge in [0.05, 0.1) is 0 Å². The van der Waals surface area contributed by atoms with Crippen LogP contribution in [0.15, 0.2) is 12.1 Å². The highest BCUT2D eigenvalue weighted by Crippen LogP contribution is 2.34. The summed E-state index contributed by atoms with van der Waals surface area (Å²) in [5, 5.41) is 7.97. The second-order valence-electron chi connectivity index (χ2n) is 3.52. The standard InChI is InChI=1S/C10H12Cl2N2/c1-13-5-7-4-8-9(12)2-6(11)3-10(8)14-7/h2-3,7,13-14H,4-5H2,1H3. The first-order valence-electron chi connectivity index (χ1n) is 4.59. The number of benzene rings is 1. The quantitative estimate of drug-likeness (QED) is 0.817. The topological polar surface area (TPSA) is 24.1 Å². The van der Waals surface area contributed by atoms with Gasteiger partial charge in [-0.25, -0.2) is 0 Å². The maximum absolute atomic E-state index is 6.10. The number of halogens is 2. The van der Waals surface area contributed by atoms with E-state index in [1.165, 1.54) is 5.56 Å². The summed E-state index contributed by atoms with van der Waals surface area (Å²) in [4.78, 5) is 0. The van der Waals surface area contributed by atoms with Crippen LogP contribution in [0.1, 0.15) is 5.56 Å². The van der Waals surface area contributed by atoms with Crippen LogP contribution in [0.2, 0.25) is 10.0 Å². The molecule has 1 unspecified atom stereocenters. The largest absolute Gasteiger partial charge is 0.380 e. The highest BCUT2D eigenvalue weighted by atomic mass is 35.5. The van der Waals surface area contributed by atoms with Gasteiger partial charge in [-0.05, 0) is 31.2 Å². The Labute approximate surface area is 93.6 Å². The van der Waals surface area contributed by atoms with E-state index in [4.69, 9.17) is 23.2 Å². The second kappa shape index (κ2) is 3.97. The van der Waals surface area contributed by atoms with Gasteiger partial charge >= 0.3 is 0 Å². The molecule has 76 valence electrons. The average Bonchev–Trinajstić information content (AvgIpc) is 2.48. The van der Waals surface area contributed by atoms with Crippen molar-refractivity contribution in [3.8, 4) is 0 Å². The summed E-state index contributed by atoms with van der Waals surface area (Å²) in [6.07, 6.45) is 0.964. The zero-order valence-corrected chi connectivity index (χ0v) is 9.41. The molecule has 0 bridgehead atoms. The van der Waals surface area contributed by atoms with Crippen LogP contribution >= 0.6 is 23.2 Å². The number of hydrogen-bond donors (Lipinski definition) is 2. The first-order valence-corrected chi connectivity index (χ1v) is 5.35. The van der Waals surface area contributed by atoms with Gasteiger partial charge in [0.2, 0.25) is 0 Å². The molecule has 2 nitrogen and oxygen atoms in total. The van der Waals surface area contributed by atoms with Crippen LogP contribution in [0.5, 0.6) is 0 Å². The molecular formula is C10H12Cl2N2. The Hall–Kier alpha value is -0.440. The summed E-state index contributed by atoms with van der Waals surface area (Å²) < 4.78 is 0. The van der Waals surface area contributed by atoms with Gasteiger partial charge in [-0.3, -0.25) is 0 Å². The van der Waals surface area contributed by atoms with Gasteiger partial charge in [-0.1, -0.05) is 23.2 Å². The van der Waals surface area contributed by atoms with Crippen molar-refractivity contribution in [2.45, 2.75) is 12.5 Å². The molecule has 1 atom stereocenters. The lowest BCUT2D eigenvalue weighted by atomic mass is 10.1. The molecule has 4 heteroatoms. The van der Waals surface area contributed by atoms with E-state index in [1.807, 2.05) is 13.1 Å². The number of rotatable bonds is 2. The average molecular weight is 231 g/mol. The lowest BCUT2D eigenvalue weighted by Gasteiger charge is -2.09. The molecule has 0 aliphatic carbocycles. The summed E-state index contributed by atoms with van der Waals surface area (Å²) >= 11 is 12.0. The van der Waals surface area contributed by atoms with E-state index in [9.17, 15) is 0 Å². The highest BCUT2D eigenvalue weighted by Gasteiger charge is 2.22. The maximum Gasteiger partial charge on any atom is 0.0474 e. The predicted molar refractivity (Wildman–Crippen MR) is 61.5 cm³/mol. The molecule has 0 saturated heterocycles. The summed E-state index contributed by atoms with van der Waals surface area (Å²) in [6.45, 7) is 0.933. The Kier molecular flexibility index (Phi) is 2.86. The fourth-order valence-electron chi connectivity index (χ4n) is 1.83. The number of hydrogen-bond acceptors (Lipinski definition) is 2. The number of fused-ring (bicyclic) bond motifs is 1. The van der Waals surface area contributed by atoms with E-state index in [0.717, 1.165) is 23.7 Å². The minimum atomic E-state index is 0.422. The van der Waals surface area contributed by atoms with Crippen molar-refractivity contribution < 1.29 is 0 Å². The maximum atomic E-state index is 6.10. The molecule has 0 amide bonds. The third kappa shape index (κ3) is 1.83. The van der Waals surface area contributed by atoms with Crippen molar-refractivity contribution in [1.82, 2.24) is 5.32 Å². The van der Waals surface area contributed by atoms with Crippen molar-refractivity contribution in [1.29, 1.82) is 0 Å². The summed E-state index contributed by atoms with van der Waals surface area (Å²) in [6, 6.07) is 4.15. The zero-order chi connectivity index (χ0) is 10.1. The summed E-state index contributed by atoms with van der Waals surface area (Å²) in [5.41, 5.74) is 2.25. The second-order valence-corrected chi connectivity index (χ2v) is 4.36. The monoisotopic (exact) mass is 230 g/mol. The van der Waals surface area contributed by atoms with Gasteiger partial charge in [0.1, 0.15) is 0 Å². The Balaban J connectivity index is 2.26. The smallest absolute Gasteiger partial charge is 0.0474 e. The van der Waals surface area contributed by atoms with Crippen LogP contribution in [0, 0.1) is 0 Å². The van der Waals surface area contributed by atoms with E-state index < -0.39 is 0 Å². The van der Waals surface area contributed by atoms with E-state index in [1.54, 1.807) is 6.07 Å². The first kappa shape index (κ1) is 10.1. The molecule has 2 N–H and O–H groups in total. The third-order valence-electron chi connectivity index (χ3n) is 2.42. The highest BCUT2D eigenvalue weighted by molar-refractivity contribution is 6.35. The molecular weight excluding hydrogens is 219 g/mol. The number of nitrogens with one attached hydrogen (secondary N) is 2. The van der Waals surface area contributed by atoms with Crippen molar-refractivity contribution >= 4 is 28.9 Å². The van der Waals surface area contributed by atoms with Crippen LogP contribution in [0.3, 0.4) is 0 Å². The Morgan fingerprint density at radius 1 is 1.50 bits per heavy atom. The van der Waals surface area contributed by atoms with E-state index in [-0.39, 0.29) is 0 Å². The Bertz CT molecular complexity index is 352. The van der Waals surface area contributed by atoms with Crippen LogP contribution in [0.25, 0.3) is 0 Å². The molecule has 0 saturated carbocycles.